The van der Waals surface area contributed by atoms with Gasteiger partial charge in [0.05, 0.1) is 11.6 Å². The van der Waals surface area contributed by atoms with Gasteiger partial charge in [0, 0.05) is 55.7 Å². The topological polar surface area (TPSA) is 87.0 Å². The zero-order valence-electron chi connectivity index (χ0n) is 17.2. The Balaban J connectivity index is 1.31. The SMILES string of the molecule is NC(=O)c1ccc(CN2CCN(C(=O)C3CC(=O)N(c4ccccc4Br)C3)CC2)cc1. The number of carbonyl (C=O) groups is 3. The van der Waals surface area contributed by atoms with Gasteiger partial charge in [0.25, 0.3) is 0 Å². The number of piperazine rings is 1. The predicted octanol–water partition coefficient (Wildman–Crippen LogP) is 2.25. The fourth-order valence-electron chi connectivity index (χ4n) is 4.19. The van der Waals surface area contributed by atoms with Crippen LogP contribution in [0.15, 0.2) is 53.0 Å². The molecule has 0 bridgehead atoms. The summed E-state index contributed by atoms with van der Waals surface area (Å²) in [6, 6.07) is 14.9. The number of primary amides is 1. The van der Waals surface area contributed by atoms with Crippen molar-refractivity contribution < 1.29 is 14.4 Å². The quantitative estimate of drug-likeness (QED) is 0.704. The van der Waals surface area contributed by atoms with Gasteiger partial charge in [-0.05, 0) is 45.8 Å². The highest BCUT2D eigenvalue weighted by molar-refractivity contribution is 9.10. The Morgan fingerprint density at radius 3 is 2.32 bits per heavy atom. The molecule has 31 heavy (non-hydrogen) atoms. The molecule has 2 aromatic carbocycles. The van der Waals surface area contributed by atoms with Crippen LogP contribution in [0.5, 0.6) is 0 Å². The molecule has 0 aliphatic carbocycles. The first-order chi connectivity index (χ1) is 14.9. The van der Waals surface area contributed by atoms with Crippen molar-refractivity contribution in [2.24, 2.45) is 11.7 Å². The van der Waals surface area contributed by atoms with E-state index < -0.39 is 5.91 Å². The smallest absolute Gasteiger partial charge is 0.248 e. The maximum atomic E-state index is 13.0. The molecule has 162 valence electrons. The van der Waals surface area contributed by atoms with Gasteiger partial charge >= 0.3 is 0 Å². The minimum atomic E-state index is -0.428. The predicted molar refractivity (Wildman–Crippen MR) is 121 cm³/mol. The molecular weight excluding hydrogens is 460 g/mol. The minimum absolute atomic E-state index is 0.0108. The van der Waals surface area contributed by atoms with E-state index in [1.807, 2.05) is 41.3 Å². The zero-order chi connectivity index (χ0) is 22.0. The van der Waals surface area contributed by atoms with E-state index in [0.29, 0.717) is 25.2 Å². The van der Waals surface area contributed by atoms with Crippen molar-refractivity contribution in [2.45, 2.75) is 13.0 Å². The molecule has 1 atom stereocenters. The summed E-state index contributed by atoms with van der Waals surface area (Å²) >= 11 is 3.49. The second-order valence-corrected chi connectivity index (χ2v) is 8.87. The number of rotatable bonds is 5. The summed E-state index contributed by atoms with van der Waals surface area (Å²) in [5.74, 6) is -0.675. The van der Waals surface area contributed by atoms with Gasteiger partial charge < -0.3 is 15.5 Å². The van der Waals surface area contributed by atoms with Crippen LogP contribution in [0.4, 0.5) is 5.69 Å². The monoisotopic (exact) mass is 484 g/mol. The van der Waals surface area contributed by atoms with Crippen molar-refractivity contribution in [2.75, 3.05) is 37.6 Å². The van der Waals surface area contributed by atoms with Crippen LogP contribution in [0.25, 0.3) is 0 Å². The van der Waals surface area contributed by atoms with Crippen LogP contribution >= 0.6 is 15.9 Å². The van der Waals surface area contributed by atoms with Gasteiger partial charge in [-0.25, -0.2) is 0 Å². The van der Waals surface area contributed by atoms with E-state index >= 15 is 0 Å². The Morgan fingerprint density at radius 1 is 1.00 bits per heavy atom. The summed E-state index contributed by atoms with van der Waals surface area (Å²) in [6.07, 6.45) is 0.257. The molecule has 2 heterocycles. The summed E-state index contributed by atoms with van der Waals surface area (Å²) in [5, 5.41) is 0. The molecule has 2 aliphatic rings. The number of para-hydroxylation sites is 1. The fraction of sp³-hybridized carbons (Fsp3) is 0.348. The molecule has 0 saturated carbocycles. The van der Waals surface area contributed by atoms with Gasteiger partial charge in [0.2, 0.25) is 17.7 Å². The molecule has 1 unspecified atom stereocenters. The zero-order valence-corrected chi connectivity index (χ0v) is 18.8. The Labute approximate surface area is 189 Å². The molecule has 8 heteroatoms. The number of halogens is 1. The van der Waals surface area contributed by atoms with Crippen LogP contribution in [0, 0.1) is 5.92 Å². The molecule has 2 N–H and O–H groups in total. The molecule has 2 fully saturated rings. The normalized spacial score (nSPS) is 19.6. The first-order valence-corrected chi connectivity index (χ1v) is 11.2. The van der Waals surface area contributed by atoms with Gasteiger partial charge in [-0.3, -0.25) is 19.3 Å². The third kappa shape index (κ3) is 4.80. The van der Waals surface area contributed by atoms with Gasteiger partial charge in [-0.2, -0.15) is 0 Å². The molecule has 0 spiro atoms. The van der Waals surface area contributed by atoms with E-state index in [0.717, 1.165) is 35.4 Å². The van der Waals surface area contributed by atoms with Gasteiger partial charge in [0.15, 0.2) is 0 Å². The van der Waals surface area contributed by atoms with Crippen LogP contribution in [0.2, 0.25) is 0 Å². The lowest BCUT2D eigenvalue weighted by atomic mass is 10.1. The lowest BCUT2D eigenvalue weighted by Gasteiger charge is -2.36. The number of amides is 3. The van der Waals surface area contributed by atoms with Crippen molar-refractivity contribution in [3.63, 3.8) is 0 Å². The second-order valence-electron chi connectivity index (χ2n) is 8.02. The van der Waals surface area contributed by atoms with Crippen molar-refractivity contribution in [3.8, 4) is 0 Å². The summed E-state index contributed by atoms with van der Waals surface area (Å²) < 4.78 is 0.855. The van der Waals surface area contributed by atoms with E-state index in [1.54, 1.807) is 17.0 Å². The average molecular weight is 485 g/mol. The maximum Gasteiger partial charge on any atom is 0.248 e. The second kappa shape index (κ2) is 9.20. The molecule has 3 amide bonds. The average Bonchev–Trinajstić information content (AvgIpc) is 3.16. The highest BCUT2D eigenvalue weighted by Crippen LogP contribution is 2.32. The summed E-state index contributed by atoms with van der Waals surface area (Å²) in [5.41, 5.74) is 7.71. The van der Waals surface area contributed by atoms with Gasteiger partial charge in [-0.1, -0.05) is 24.3 Å². The highest BCUT2D eigenvalue weighted by atomic mass is 79.9. The van der Waals surface area contributed by atoms with Crippen molar-refractivity contribution in [1.29, 1.82) is 0 Å². The van der Waals surface area contributed by atoms with Crippen LogP contribution in [0.1, 0.15) is 22.3 Å². The van der Waals surface area contributed by atoms with Crippen LogP contribution in [-0.4, -0.2) is 60.2 Å². The summed E-state index contributed by atoms with van der Waals surface area (Å²) in [4.78, 5) is 42.7. The Kier molecular flexibility index (Phi) is 6.38. The number of hydrogen-bond donors (Lipinski definition) is 1. The van der Waals surface area contributed by atoms with Crippen molar-refractivity contribution >= 4 is 39.3 Å². The number of anilines is 1. The van der Waals surface area contributed by atoms with E-state index in [2.05, 4.69) is 20.8 Å². The maximum absolute atomic E-state index is 13.0. The van der Waals surface area contributed by atoms with E-state index in [9.17, 15) is 14.4 Å². The third-order valence-corrected chi connectivity index (χ3v) is 6.62. The third-order valence-electron chi connectivity index (χ3n) is 5.95. The van der Waals surface area contributed by atoms with Gasteiger partial charge in [0.1, 0.15) is 0 Å². The molecule has 0 radical (unpaired) electrons. The number of carbonyl (C=O) groups excluding carboxylic acids is 3. The molecule has 0 aromatic heterocycles. The number of hydrogen-bond acceptors (Lipinski definition) is 4. The fourth-order valence-corrected chi connectivity index (χ4v) is 4.69. The number of benzene rings is 2. The van der Waals surface area contributed by atoms with Crippen molar-refractivity contribution in [1.82, 2.24) is 9.80 Å². The lowest BCUT2D eigenvalue weighted by Crippen LogP contribution is -2.50. The Bertz CT molecular complexity index is 987. The molecule has 2 aromatic rings. The summed E-state index contributed by atoms with van der Waals surface area (Å²) in [6.45, 7) is 4.04. The Morgan fingerprint density at radius 2 is 1.68 bits per heavy atom. The minimum Gasteiger partial charge on any atom is -0.366 e. The van der Waals surface area contributed by atoms with Crippen LogP contribution in [-0.2, 0) is 16.1 Å². The molecular formula is C23H25BrN4O3. The highest BCUT2D eigenvalue weighted by Gasteiger charge is 2.38. The van der Waals surface area contributed by atoms with Gasteiger partial charge in [-0.15, -0.1) is 0 Å². The van der Waals surface area contributed by atoms with E-state index in [1.165, 1.54) is 0 Å². The standard InChI is InChI=1S/C23H25BrN4O3/c24-19-3-1-2-4-20(19)28-15-18(13-21(28)29)23(31)27-11-9-26(10-12-27)14-16-5-7-17(8-6-16)22(25)30/h1-8,18H,9-15H2,(H2,25,30). The van der Waals surface area contributed by atoms with Crippen LogP contribution < -0.4 is 10.6 Å². The molecule has 7 nitrogen and oxygen atoms in total. The molecule has 4 rings (SSSR count). The first kappa shape index (κ1) is 21.5. The van der Waals surface area contributed by atoms with E-state index in [4.69, 9.17) is 5.73 Å². The number of nitrogens with zero attached hydrogens (tertiary/aromatic N) is 3. The molecule has 2 aliphatic heterocycles. The lowest BCUT2D eigenvalue weighted by molar-refractivity contribution is -0.137. The number of nitrogens with two attached hydrogens (primary N) is 1. The van der Waals surface area contributed by atoms with Crippen LogP contribution in [0.3, 0.4) is 0 Å². The molecule has 2 saturated heterocycles. The summed E-state index contributed by atoms with van der Waals surface area (Å²) in [7, 11) is 0. The van der Waals surface area contributed by atoms with Crippen molar-refractivity contribution in [3.05, 3.63) is 64.1 Å². The Hall–Kier alpha value is -2.71. The van der Waals surface area contributed by atoms with E-state index in [-0.39, 0.29) is 24.2 Å². The largest absolute Gasteiger partial charge is 0.366 e. The first-order valence-electron chi connectivity index (χ1n) is 10.4.